The minimum Gasteiger partial charge on any atom is -0.435 e. The fraction of sp³-hybridized carbons (Fsp3) is 0.417. The average Bonchev–Trinajstić information content (AvgIpc) is 3.20. The predicted octanol–water partition coefficient (Wildman–Crippen LogP) is 1.82. The molecule has 2 aromatic rings. The number of likely N-dealkylation sites (N-methyl/N-ethyl adjacent to an activating group) is 1. The van der Waals surface area contributed by atoms with Crippen molar-refractivity contribution < 1.29 is 36.6 Å². The molecule has 2 aromatic carbocycles. The third-order valence-corrected chi connectivity index (χ3v) is 8.01. The molecule has 1 fully saturated rings. The van der Waals surface area contributed by atoms with E-state index in [0.717, 1.165) is 0 Å². The van der Waals surface area contributed by atoms with E-state index in [0.29, 0.717) is 37.2 Å². The van der Waals surface area contributed by atoms with E-state index in [1.165, 1.54) is 35.2 Å². The number of aliphatic hydroxyl groups is 1. The van der Waals surface area contributed by atoms with Crippen molar-refractivity contribution >= 4 is 27.3 Å². The van der Waals surface area contributed by atoms with Gasteiger partial charge in [-0.15, -0.1) is 0 Å². The van der Waals surface area contributed by atoms with E-state index < -0.39 is 40.3 Å². The van der Waals surface area contributed by atoms with Gasteiger partial charge in [0.2, 0.25) is 11.8 Å². The standard InChI is InChI=1S/C24H27F2N3O6S/c1-28(23(32)10-15-5-6-21-19(9-15)27-22(31)14-36(21,33)34)20(13-29-8-7-17(30)12-29)16-3-2-4-18(11-16)35-24(25)26/h2-6,9,11,17,20,24,30H,7-8,10,12-14H2,1H3,(H,27,31)/t17-,20+/m0/s1. The third kappa shape index (κ3) is 6.00. The lowest BCUT2D eigenvalue weighted by atomic mass is 10.0. The summed E-state index contributed by atoms with van der Waals surface area (Å²) in [6.07, 6.45) is 0.0523. The summed E-state index contributed by atoms with van der Waals surface area (Å²) in [6, 6.07) is 10.0. The molecule has 0 spiro atoms. The molecule has 36 heavy (non-hydrogen) atoms. The number of β-amino-alcohol motifs (C(OH)–C–C–N with tert-alkyl or cyclic N) is 1. The molecular weight excluding hydrogens is 496 g/mol. The van der Waals surface area contributed by atoms with Crippen LogP contribution in [0.25, 0.3) is 0 Å². The molecule has 12 heteroatoms. The van der Waals surface area contributed by atoms with Crippen molar-refractivity contribution in [2.75, 3.05) is 37.8 Å². The second-order valence-electron chi connectivity index (χ2n) is 8.99. The number of nitrogens with zero attached hydrogens (tertiary/aromatic N) is 2. The van der Waals surface area contributed by atoms with Gasteiger partial charge in [-0.3, -0.25) is 14.5 Å². The van der Waals surface area contributed by atoms with Crippen molar-refractivity contribution in [3.63, 3.8) is 0 Å². The van der Waals surface area contributed by atoms with E-state index in [4.69, 9.17) is 0 Å². The van der Waals surface area contributed by atoms with Crippen molar-refractivity contribution in [1.29, 1.82) is 0 Å². The molecule has 2 atom stereocenters. The smallest absolute Gasteiger partial charge is 0.387 e. The number of fused-ring (bicyclic) bond motifs is 1. The molecular formula is C24H27F2N3O6S. The quantitative estimate of drug-likeness (QED) is 0.542. The van der Waals surface area contributed by atoms with Gasteiger partial charge in [-0.05, 0) is 41.8 Å². The summed E-state index contributed by atoms with van der Waals surface area (Å²) in [4.78, 5) is 28.6. The van der Waals surface area contributed by atoms with E-state index in [2.05, 4.69) is 10.1 Å². The number of benzene rings is 2. The highest BCUT2D eigenvalue weighted by Gasteiger charge is 2.31. The normalized spacial score (nSPS) is 20.0. The average molecular weight is 524 g/mol. The Morgan fingerprint density at radius 2 is 2.06 bits per heavy atom. The molecule has 0 unspecified atom stereocenters. The molecule has 2 amide bonds. The lowest BCUT2D eigenvalue weighted by Crippen LogP contribution is -2.39. The first-order valence-electron chi connectivity index (χ1n) is 11.4. The second-order valence-corrected chi connectivity index (χ2v) is 10.9. The van der Waals surface area contributed by atoms with Gasteiger partial charge in [0.25, 0.3) is 0 Å². The van der Waals surface area contributed by atoms with Gasteiger partial charge in [-0.25, -0.2) is 8.42 Å². The zero-order valence-corrected chi connectivity index (χ0v) is 20.4. The Kier molecular flexibility index (Phi) is 7.57. The Morgan fingerprint density at radius 1 is 1.28 bits per heavy atom. The number of alkyl halides is 2. The van der Waals surface area contributed by atoms with Crippen LogP contribution in [-0.2, 0) is 25.8 Å². The fourth-order valence-corrected chi connectivity index (χ4v) is 5.83. The molecule has 2 N–H and O–H groups in total. The van der Waals surface area contributed by atoms with Gasteiger partial charge in [-0.1, -0.05) is 18.2 Å². The zero-order valence-electron chi connectivity index (χ0n) is 19.6. The van der Waals surface area contributed by atoms with Gasteiger partial charge in [0.15, 0.2) is 9.84 Å². The minimum atomic E-state index is -3.73. The van der Waals surface area contributed by atoms with E-state index in [1.54, 1.807) is 19.2 Å². The van der Waals surface area contributed by atoms with Gasteiger partial charge < -0.3 is 20.1 Å². The van der Waals surface area contributed by atoms with Crippen LogP contribution in [0.5, 0.6) is 5.75 Å². The number of sulfone groups is 1. The fourth-order valence-electron chi connectivity index (χ4n) is 4.54. The molecule has 0 aliphatic carbocycles. The summed E-state index contributed by atoms with van der Waals surface area (Å²) in [5.74, 6) is -1.59. The SMILES string of the molecule is CN(C(=O)Cc1ccc2c(c1)NC(=O)CS2(=O)=O)[C@H](CN1CC[C@H](O)C1)c1cccc(OC(F)F)c1. The molecule has 4 rings (SSSR count). The summed E-state index contributed by atoms with van der Waals surface area (Å²) < 4.78 is 54.5. The Morgan fingerprint density at radius 3 is 2.75 bits per heavy atom. The summed E-state index contributed by atoms with van der Waals surface area (Å²) in [5.41, 5.74) is 1.24. The van der Waals surface area contributed by atoms with Crippen LogP contribution < -0.4 is 10.1 Å². The molecule has 194 valence electrons. The number of hydrogen-bond donors (Lipinski definition) is 2. The Labute approximate surface area is 207 Å². The predicted molar refractivity (Wildman–Crippen MR) is 126 cm³/mol. The number of likely N-dealkylation sites (tertiary alicyclic amines) is 1. The maximum Gasteiger partial charge on any atom is 0.387 e. The highest BCUT2D eigenvalue weighted by molar-refractivity contribution is 7.92. The molecule has 0 radical (unpaired) electrons. The molecule has 1 saturated heterocycles. The van der Waals surface area contributed by atoms with Crippen LogP contribution >= 0.6 is 0 Å². The number of carbonyl (C=O) groups excluding carboxylic acids is 2. The van der Waals surface area contributed by atoms with Gasteiger partial charge in [0.05, 0.1) is 29.1 Å². The molecule has 2 aliphatic rings. The second kappa shape index (κ2) is 10.5. The van der Waals surface area contributed by atoms with Crippen molar-refractivity contribution in [3.8, 4) is 5.75 Å². The molecule has 0 saturated carbocycles. The molecule has 9 nitrogen and oxygen atoms in total. The van der Waals surface area contributed by atoms with Crippen LogP contribution in [0, 0.1) is 0 Å². The Balaban J connectivity index is 1.57. The number of nitrogens with one attached hydrogen (secondary N) is 1. The number of carbonyl (C=O) groups is 2. The number of hydrogen-bond acceptors (Lipinski definition) is 7. The van der Waals surface area contributed by atoms with E-state index in [9.17, 15) is 31.9 Å². The van der Waals surface area contributed by atoms with Crippen LogP contribution in [0.3, 0.4) is 0 Å². The van der Waals surface area contributed by atoms with Crippen LogP contribution in [0.1, 0.15) is 23.6 Å². The molecule has 0 bridgehead atoms. The number of aliphatic hydroxyl groups excluding tert-OH is 1. The number of halogens is 2. The third-order valence-electron chi connectivity index (χ3n) is 6.34. The Hall–Kier alpha value is -3.09. The summed E-state index contributed by atoms with van der Waals surface area (Å²) in [6.45, 7) is -1.55. The van der Waals surface area contributed by atoms with Crippen molar-refractivity contribution in [2.45, 2.75) is 36.5 Å². The largest absolute Gasteiger partial charge is 0.435 e. The van der Waals surface area contributed by atoms with Crippen LogP contribution in [0.15, 0.2) is 47.4 Å². The summed E-state index contributed by atoms with van der Waals surface area (Å²) in [7, 11) is -2.13. The lowest BCUT2D eigenvalue weighted by molar-refractivity contribution is -0.131. The highest BCUT2D eigenvalue weighted by atomic mass is 32.2. The van der Waals surface area contributed by atoms with Crippen molar-refractivity contribution in [2.24, 2.45) is 0 Å². The first-order chi connectivity index (χ1) is 17.0. The number of amides is 2. The first-order valence-corrected chi connectivity index (χ1v) is 13.0. The monoisotopic (exact) mass is 523 g/mol. The zero-order chi connectivity index (χ0) is 26.0. The topological polar surface area (TPSA) is 116 Å². The first kappa shape index (κ1) is 26.0. The van der Waals surface area contributed by atoms with Gasteiger partial charge >= 0.3 is 6.61 Å². The summed E-state index contributed by atoms with van der Waals surface area (Å²) in [5, 5.41) is 12.5. The van der Waals surface area contributed by atoms with E-state index in [1.807, 2.05) is 4.90 Å². The molecule has 2 heterocycles. The molecule has 2 aliphatic heterocycles. The number of rotatable bonds is 8. The number of anilines is 1. The van der Waals surface area contributed by atoms with Gasteiger partial charge in [-0.2, -0.15) is 8.78 Å². The van der Waals surface area contributed by atoms with Crippen molar-refractivity contribution in [1.82, 2.24) is 9.80 Å². The minimum absolute atomic E-state index is 0.00738. The summed E-state index contributed by atoms with van der Waals surface area (Å²) >= 11 is 0. The van der Waals surface area contributed by atoms with Crippen molar-refractivity contribution in [3.05, 3.63) is 53.6 Å². The van der Waals surface area contributed by atoms with E-state index >= 15 is 0 Å². The molecule has 0 aromatic heterocycles. The number of ether oxygens (including phenoxy) is 1. The van der Waals surface area contributed by atoms with Gasteiger partial charge in [0.1, 0.15) is 11.5 Å². The lowest BCUT2D eigenvalue weighted by Gasteiger charge is -2.32. The van der Waals surface area contributed by atoms with Crippen LogP contribution in [0.4, 0.5) is 14.5 Å². The maximum atomic E-state index is 13.3. The van der Waals surface area contributed by atoms with E-state index in [-0.39, 0.29) is 28.7 Å². The Bertz CT molecular complexity index is 1260. The maximum absolute atomic E-state index is 13.3. The van der Waals surface area contributed by atoms with Gasteiger partial charge in [0, 0.05) is 26.7 Å². The van der Waals surface area contributed by atoms with Crippen LogP contribution in [0.2, 0.25) is 0 Å². The van der Waals surface area contributed by atoms with Crippen LogP contribution in [-0.4, -0.2) is 80.3 Å². The highest BCUT2D eigenvalue weighted by Crippen LogP contribution is 2.30.